The van der Waals surface area contributed by atoms with Crippen LogP contribution in [0.25, 0.3) is 12.2 Å². The lowest BCUT2D eigenvalue weighted by atomic mass is 9.95. The molecule has 2 saturated carbocycles. The van der Waals surface area contributed by atoms with Gasteiger partial charge in [0, 0.05) is 18.8 Å². The van der Waals surface area contributed by atoms with E-state index < -0.39 is 11.9 Å². The van der Waals surface area contributed by atoms with Crippen LogP contribution in [0.1, 0.15) is 102 Å². The van der Waals surface area contributed by atoms with Gasteiger partial charge in [-0.15, -0.1) is 13.2 Å². The Morgan fingerprint density at radius 2 is 0.941 bits per heavy atom. The Morgan fingerprint density at radius 3 is 1.31 bits per heavy atom. The minimum atomic E-state index is -1.01. The minimum absolute atomic E-state index is 0.0675. The molecule has 0 spiro atoms. The predicted octanol–water partition coefficient (Wildman–Crippen LogP) is 8.08. The SMILES string of the molecule is C=CCCCOC1CCC(OC(=O)c2ccc(/C=C/C(=O)O)cc2)CC1.C=CCCOC1CCC(OC(=O)c2ccc(/C=C/C(=O)O)cc2)CC1. The van der Waals surface area contributed by atoms with E-state index in [1.807, 2.05) is 12.2 Å². The van der Waals surface area contributed by atoms with Crippen molar-refractivity contribution in [3.8, 4) is 0 Å². The molecule has 10 nitrogen and oxygen atoms in total. The van der Waals surface area contributed by atoms with Crippen molar-refractivity contribution >= 4 is 36.0 Å². The van der Waals surface area contributed by atoms with Gasteiger partial charge in [-0.1, -0.05) is 36.4 Å². The summed E-state index contributed by atoms with van der Waals surface area (Å²) in [4.78, 5) is 45.4. The monoisotopic (exact) mass is 702 g/mol. The molecule has 2 N–H and O–H groups in total. The van der Waals surface area contributed by atoms with Crippen molar-refractivity contribution in [3.05, 3.63) is 108 Å². The van der Waals surface area contributed by atoms with Gasteiger partial charge in [0.2, 0.25) is 0 Å². The number of carboxylic acid groups (broad SMARTS) is 2. The summed E-state index contributed by atoms with van der Waals surface area (Å²) in [6, 6.07) is 13.4. The summed E-state index contributed by atoms with van der Waals surface area (Å²) >= 11 is 0. The van der Waals surface area contributed by atoms with E-state index in [0.29, 0.717) is 17.7 Å². The molecule has 0 aliphatic heterocycles. The second-order valence-corrected chi connectivity index (χ2v) is 12.4. The first kappa shape index (κ1) is 40.6. The summed E-state index contributed by atoms with van der Waals surface area (Å²) in [5.41, 5.74) is 2.38. The third-order valence-electron chi connectivity index (χ3n) is 8.50. The third-order valence-corrected chi connectivity index (χ3v) is 8.50. The van der Waals surface area contributed by atoms with Crippen LogP contribution < -0.4 is 0 Å². The summed E-state index contributed by atoms with van der Waals surface area (Å²) in [6.07, 6.45) is 18.9. The van der Waals surface area contributed by atoms with E-state index in [1.165, 1.54) is 12.2 Å². The molecule has 10 heteroatoms. The fourth-order valence-electron chi connectivity index (χ4n) is 5.66. The standard InChI is InChI=1S/C21H26O5.C20H24O5/c1-2-3-4-15-25-18-10-12-19(13-11-18)26-21(24)17-8-5-16(6-9-17)7-14-20(22)23;1-2-3-14-24-17-9-11-18(12-10-17)25-20(23)16-7-4-15(5-8-16)6-13-19(21)22/h2,5-9,14,18-19H,1,3-4,10-13,15H2,(H,22,23);2,4-8,13,17-18H,1,3,9-12,14H2,(H,21,22)/b14-7+;13-6+. The Kier molecular flexibility index (Phi) is 18.2. The molecular formula is C41H50O10. The number of unbranched alkanes of at least 4 members (excludes halogenated alkanes) is 1. The number of esters is 2. The van der Waals surface area contributed by atoms with E-state index >= 15 is 0 Å². The number of carboxylic acids is 2. The van der Waals surface area contributed by atoms with Gasteiger partial charge in [0.1, 0.15) is 12.2 Å². The molecule has 0 aromatic heterocycles. The smallest absolute Gasteiger partial charge is 0.338 e. The van der Waals surface area contributed by atoms with Gasteiger partial charge in [0.25, 0.3) is 0 Å². The van der Waals surface area contributed by atoms with E-state index in [1.54, 1.807) is 48.5 Å². The van der Waals surface area contributed by atoms with Crippen LogP contribution >= 0.6 is 0 Å². The van der Waals surface area contributed by atoms with Crippen molar-refractivity contribution < 1.29 is 48.3 Å². The van der Waals surface area contributed by atoms with Gasteiger partial charge in [-0.05, 0) is 118 Å². The largest absolute Gasteiger partial charge is 0.478 e. The van der Waals surface area contributed by atoms with Crippen molar-refractivity contribution in [3.63, 3.8) is 0 Å². The molecule has 4 rings (SSSR count). The van der Waals surface area contributed by atoms with E-state index in [9.17, 15) is 19.2 Å². The van der Waals surface area contributed by atoms with Crippen LogP contribution in [0, 0.1) is 0 Å². The average Bonchev–Trinajstić information content (AvgIpc) is 3.14. The van der Waals surface area contributed by atoms with Crippen LogP contribution in [-0.4, -0.2) is 71.7 Å². The second-order valence-electron chi connectivity index (χ2n) is 12.4. The average molecular weight is 703 g/mol. The lowest BCUT2D eigenvalue weighted by molar-refractivity contribution is -0.132. The van der Waals surface area contributed by atoms with Crippen molar-refractivity contribution in [1.29, 1.82) is 0 Å². The Bertz CT molecular complexity index is 1460. The van der Waals surface area contributed by atoms with Gasteiger partial charge in [0.15, 0.2) is 0 Å². The molecule has 0 bridgehead atoms. The maximum absolute atomic E-state index is 12.2. The number of hydrogen-bond donors (Lipinski definition) is 2. The molecule has 0 heterocycles. The molecule has 2 aromatic carbocycles. The summed E-state index contributed by atoms with van der Waals surface area (Å²) in [5, 5.41) is 17.2. The predicted molar refractivity (Wildman–Crippen MR) is 195 cm³/mol. The zero-order chi connectivity index (χ0) is 36.8. The van der Waals surface area contributed by atoms with Crippen molar-refractivity contribution in [1.82, 2.24) is 0 Å². The first-order chi connectivity index (χ1) is 24.7. The molecule has 2 aliphatic carbocycles. The molecule has 2 aliphatic rings. The van der Waals surface area contributed by atoms with E-state index in [2.05, 4.69) is 13.2 Å². The number of benzene rings is 2. The topological polar surface area (TPSA) is 146 Å². The molecule has 0 unspecified atom stereocenters. The van der Waals surface area contributed by atoms with Crippen molar-refractivity contribution in [2.75, 3.05) is 13.2 Å². The van der Waals surface area contributed by atoms with Crippen LogP contribution in [0.5, 0.6) is 0 Å². The van der Waals surface area contributed by atoms with Crippen LogP contribution in [0.15, 0.2) is 86.0 Å². The number of allylic oxidation sites excluding steroid dienone is 1. The van der Waals surface area contributed by atoms with Crippen molar-refractivity contribution in [2.24, 2.45) is 0 Å². The Morgan fingerprint density at radius 1 is 0.569 bits per heavy atom. The third kappa shape index (κ3) is 16.2. The summed E-state index contributed by atoms with van der Waals surface area (Å²) in [5.74, 6) is -2.69. The van der Waals surface area contributed by atoms with Crippen LogP contribution in [-0.2, 0) is 28.5 Å². The molecule has 0 saturated heterocycles. The maximum atomic E-state index is 12.2. The highest BCUT2D eigenvalue weighted by Crippen LogP contribution is 2.26. The second kappa shape index (κ2) is 22.8. The molecule has 51 heavy (non-hydrogen) atoms. The lowest BCUT2D eigenvalue weighted by Gasteiger charge is -2.28. The zero-order valence-corrected chi connectivity index (χ0v) is 29.2. The molecule has 2 fully saturated rings. The number of carbonyl (C=O) groups excluding carboxylic acids is 2. The summed E-state index contributed by atoms with van der Waals surface area (Å²) in [6.45, 7) is 8.82. The molecular weight excluding hydrogens is 652 g/mol. The zero-order valence-electron chi connectivity index (χ0n) is 29.2. The number of rotatable bonds is 17. The minimum Gasteiger partial charge on any atom is -0.478 e. The number of carbonyl (C=O) groups is 4. The van der Waals surface area contributed by atoms with E-state index in [0.717, 1.165) is 101 Å². The van der Waals surface area contributed by atoms with E-state index in [4.69, 9.17) is 29.2 Å². The van der Waals surface area contributed by atoms with Gasteiger partial charge in [-0.2, -0.15) is 0 Å². The van der Waals surface area contributed by atoms with Gasteiger partial charge >= 0.3 is 23.9 Å². The lowest BCUT2D eigenvalue weighted by Crippen LogP contribution is -2.28. The first-order valence-electron chi connectivity index (χ1n) is 17.6. The van der Waals surface area contributed by atoms with Crippen molar-refractivity contribution in [2.45, 2.75) is 95.0 Å². The fraction of sp³-hybridized carbons (Fsp3) is 0.415. The van der Waals surface area contributed by atoms with Crippen LogP contribution in [0.2, 0.25) is 0 Å². The molecule has 2 aromatic rings. The van der Waals surface area contributed by atoms with Gasteiger partial charge < -0.3 is 29.2 Å². The Labute approximate surface area is 300 Å². The number of hydrogen-bond acceptors (Lipinski definition) is 8. The maximum Gasteiger partial charge on any atom is 0.338 e. The van der Waals surface area contributed by atoms with Gasteiger partial charge in [0.05, 0.1) is 29.9 Å². The fourth-order valence-corrected chi connectivity index (χ4v) is 5.66. The summed E-state index contributed by atoms with van der Waals surface area (Å²) < 4.78 is 22.7. The molecule has 0 atom stereocenters. The normalized spacial score (nSPS) is 20.2. The Hall–Kier alpha value is -4.80. The number of ether oxygens (including phenoxy) is 4. The molecule has 274 valence electrons. The van der Waals surface area contributed by atoms with Gasteiger partial charge in [-0.25, -0.2) is 19.2 Å². The highest BCUT2D eigenvalue weighted by molar-refractivity contribution is 5.91. The number of aliphatic carboxylic acids is 2. The highest BCUT2D eigenvalue weighted by atomic mass is 16.5. The first-order valence-corrected chi connectivity index (χ1v) is 17.6. The van der Waals surface area contributed by atoms with E-state index in [-0.39, 0.29) is 36.4 Å². The Balaban J connectivity index is 0.000000276. The highest BCUT2D eigenvalue weighted by Gasteiger charge is 2.26. The van der Waals surface area contributed by atoms with Crippen LogP contribution in [0.4, 0.5) is 0 Å². The molecule has 0 radical (unpaired) electrons. The quantitative estimate of drug-likeness (QED) is 0.0718. The summed E-state index contributed by atoms with van der Waals surface area (Å²) in [7, 11) is 0. The molecule has 0 amide bonds. The van der Waals surface area contributed by atoms with Gasteiger partial charge in [-0.3, -0.25) is 0 Å². The van der Waals surface area contributed by atoms with Crippen LogP contribution in [0.3, 0.4) is 0 Å².